The van der Waals surface area contributed by atoms with Gasteiger partial charge in [-0.15, -0.1) is 9.42 Å². The summed E-state index contributed by atoms with van der Waals surface area (Å²) in [5.41, 5.74) is 0. The van der Waals surface area contributed by atoms with Gasteiger partial charge in [-0.2, -0.15) is 0 Å². The van der Waals surface area contributed by atoms with Crippen molar-refractivity contribution in [2.24, 2.45) is 0 Å². The van der Waals surface area contributed by atoms with E-state index in [2.05, 4.69) is 9.84 Å². The predicted molar refractivity (Wildman–Crippen MR) is 85.1 cm³/mol. The summed E-state index contributed by atoms with van der Waals surface area (Å²) in [4.78, 5) is 20.1. The van der Waals surface area contributed by atoms with E-state index < -0.39 is 82.9 Å². The second-order valence-corrected chi connectivity index (χ2v) is 6.62. The van der Waals surface area contributed by atoms with Crippen molar-refractivity contribution in [1.82, 2.24) is 5.32 Å². The van der Waals surface area contributed by atoms with Crippen molar-refractivity contribution >= 4 is 14.2 Å². The summed E-state index contributed by atoms with van der Waals surface area (Å²) in [5, 5.41) is 60.2. The van der Waals surface area contributed by atoms with Gasteiger partial charge >= 0.3 is 8.25 Å². The third kappa shape index (κ3) is 6.93. The predicted octanol–water partition coefficient (Wildman–Crippen LogP) is -4.30. The van der Waals surface area contributed by atoms with Crippen LogP contribution in [0.3, 0.4) is 0 Å². The number of ether oxygens (including phenoxy) is 2. The monoisotopic (exact) mass is 418 g/mol. The highest BCUT2D eigenvalue weighted by atomic mass is 31.1. The molecule has 0 aliphatic carbocycles. The quantitative estimate of drug-likeness (QED) is 0.158. The van der Waals surface area contributed by atoms with Crippen LogP contribution in [0, 0.1) is 0 Å². The highest BCUT2D eigenvalue weighted by molar-refractivity contribution is 7.32. The highest BCUT2D eigenvalue weighted by Gasteiger charge is 2.47. The Labute approximate surface area is 155 Å². The number of aliphatic hydroxyl groups is 6. The molecule has 1 aliphatic heterocycles. The van der Waals surface area contributed by atoms with Gasteiger partial charge in [-0.3, -0.25) is 4.79 Å². The molecule has 8 N–H and O–H groups in total. The number of carbonyl (C=O) groups excluding carboxylic acids is 1. The van der Waals surface area contributed by atoms with Crippen LogP contribution in [0.2, 0.25) is 0 Å². The molecule has 1 saturated heterocycles. The molecule has 9 atom stereocenters. The van der Waals surface area contributed by atoms with Gasteiger partial charge in [0.2, 0.25) is 5.91 Å². The zero-order valence-electron chi connectivity index (χ0n) is 14.4. The van der Waals surface area contributed by atoms with Crippen LogP contribution in [-0.4, -0.2) is 110 Å². The molecule has 0 aromatic rings. The van der Waals surface area contributed by atoms with Crippen molar-refractivity contribution in [1.29, 1.82) is 0 Å². The van der Waals surface area contributed by atoms with Crippen molar-refractivity contribution in [3.05, 3.63) is 0 Å². The molecule has 6 unspecified atom stereocenters. The van der Waals surface area contributed by atoms with Gasteiger partial charge < -0.3 is 45.4 Å². The Hall–Kier alpha value is -0.830. The molecule has 13 nitrogen and oxygen atoms in total. The lowest BCUT2D eigenvalue weighted by Crippen LogP contribution is -2.65. The van der Waals surface area contributed by atoms with Crippen LogP contribution < -0.4 is 5.32 Å². The fraction of sp³-hybridized carbons (Fsp3) is 0.923. The second kappa shape index (κ2) is 11.2. The first-order valence-corrected chi connectivity index (χ1v) is 9.06. The first kappa shape index (κ1) is 24.2. The van der Waals surface area contributed by atoms with Gasteiger partial charge in [-0.25, -0.2) is 0 Å². The van der Waals surface area contributed by atoms with Crippen LogP contribution in [0.25, 0.3) is 0 Å². The Morgan fingerprint density at radius 2 is 1.89 bits per heavy atom. The van der Waals surface area contributed by atoms with E-state index in [1.165, 1.54) is 0 Å². The van der Waals surface area contributed by atoms with Gasteiger partial charge in [0.15, 0.2) is 6.29 Å². The van der Waals surface area contributed by atoms with Gasteiger partial charge in [0.25, 0.3) is 0 Å². The van der Waals surface area contributed by atoms with Crippen LogP contribution >= 0.6 is 8.25 Å². The lowest BCUT2D eigenvalue weighted by molar-refractivity contribution is -0.294. The molecular formula is C13H25NO12P+. The summed E-state index contributed by atoms with van der Waals surface area (Å²) >= 11 is 0. The minimum absolute atomic E-state index is 0.618. The molecule has 0 bridgehead atoms. The molecule has 0 spiro atoms. The third-order valence-electron chi connectivity index (χ3n) is 3.87. The van der Waals surface area contributed by atoms with Crippen LogP contribution in [0.15, 0.2) is 0 Å². The maximum Gasteiger partial charge on any atom is 0.694 e. The average molecular weight is 418 g/mol. The van der Waals surface area contributed by atoms with Crippen molar-refractivity contribution in [3.63, 3.8) is 0 Å². The molecule has 27 heavy (non-hydrogen) atoms. The maximum absolute atomic E-state index is 11.4. The smallest absolute Gasteiger partial charge is 0.394 e. The lowest BCUT2D eigenvalue weighted by Gasteiger charge is -2.43. The maximum atomic E-state index is 11.4. The van der Waals surface area contributed by atoms with Crippen LogP contribution in [0.5, 0.6) is 0 Å². The Balaban J connectivity index is 3.03. The molecule has 0 saturated carbocycles. The van der Waals surface area contributed by atoms with E-state index in [4.69, 9.17) is 19.5 Å². The Kier molecular flexibility index (Phi) is 10.1. The number of carbonyl (C=O) groups is 1. The van der Waals surface area contributed by atoms with E-state index in [9.17, 15) is 34.9 Å². The molecule has 1 rings (SSSR count). The van der Waals surface area contributed by atoms with E-state index in [0.717, 1.165) is 6.92 Å². The largest absolute Gasteiger partial charge is 0.694 e. The summed E-state index contributed by atoms with van der Waals surface area (Å²) < 4.78 is 25.9. The molecule has 158 valence electrons. The normalized spacial score (nSPS) is 32.4. The zero-order chi connectivity index (χ0) is 20.7. The van der Waals surface area contributed by atoms with Gasteiger partial charge in [0, 0.05) is 11.5 Å². The Morgan fingerprint density at radius 1 is 1.26 bits per heavy atom. The molecule has 0 aromatic carbocycles. The molecular weight excluding hydrogens is 393 g/mol. The molecule has 0 radical (unpaired) electrons. The number of rotatable bonds is 10. The number of amides is 1. The molecule has 1 heterocycles. The van der Waals surface area contributed by atoms with Crippen LogP contribution in [-0.2, 0) is 23.4 Å². The van der Waals surface area contributed by atoms with Crippen LogP contribution in [0.4, 0.5) is 0 Å². The Bertz CT molecular complexity index is 496. The van der Waals surface area contributed by atoms with Gasteiger partial charge in [0.05, 0.1) is 13.2 Å². The summed E-state index contributed by atoms with van der Waals surface area (Å²) in [7, 11) is -3.08. The lowest BCUT2D eigenvalue weighted by atomic mass is 9.96. The van der Waals surface area contributed by atoms with Crippen molar-refractivity contribution < 1.29 is 58.9 Å². The first-order chi connectivity index (χ1) is 12.6. The minimum atomic E-state index is -3.08. The van der Waals surface area contributed by atoms with Gasteiger partial charge in [0.1, 0.15) is 49.3 Å². The number of nitrogens with one attached hydrogen (secondary N) is 1. The molecule has 0 aromatic heterocycles. The number of aliphatic hydroxyl groups excluding tert-OH is 6. The fourth-order valence-electron chi connectivity index (χ4n) is 2.47. The first-order valence-electron chi connectivity index (χ1n) is 7.93. The topological polar surface area (TPSA) is 215 Å². The summed E-state index contributed by atoms with van der Waals surface area (Å²) in [6.07, 6.45) is -11.1. The number of hydrogen-bond acceptors (Lipinski definition) is 11. The average Bonchev–Trinajstić information content (AvgIpc) is 2.62. The summed E-state index contributed by atoms with van der Waals surface area (Å²) in [6.45, 7) is -1.18. The third-order valence-corrected chi connectivity index (χ3v) is 4.24. The van der Waals surface area contributed by atoms with Crippen molar-refractivity contribution in [2.75, 3.05) is 19.8 Å². The molecule has 1 amide bonds. The Morgan fingerprint density at radius 3 is 2.37 bits per heavy atom. The summed E-state index contributed by atoms with van der Waals surface area (Å²) in [5.74, 6) is -0.618. The van der Waals surface area contributed by atoms with E-state index in [1.54, 1.807) is 0 Å². The number of hydrogen-bond donors (Lipinski definition) is 8. The van der Waals surface area contributed by atoms with Crippen molar-refractivity contribution in [2.45, 2.75) is 55.9 Å². The highest BCUT2D eigenvalue weighted by Crippen LogP contribution is 2.25. The fourth-order valence-corrected chi connectivity index (χ4v) is 2.74. The van der Waals surface area contributed by atoms with Gasteiger partial charge in [-0.1, -0.05) is 0 Å². The second-order valence-electron chi connectivity index (χ2n) is 5.88. The summed E-state index contributed by atoms with van der Waals surface area (Å²) in [6, 6.07) is -1.34. The van der Waals surface area contributed by atoms with E-state index >= 15 is 0 Å². The standard InChI is InChI=1S/C13H24NO12P/c1-5(17)14-9-12(21)11(20)7(3-16)25-13(9)26-8(4-24-27(22)23)10(19)6(18)2-15/h6-13,15-16,18-21H,2-4H2,1H3,(H-,14,17,22,23)/p+1/t6?,7?,8?,9?,10?,11-,12-,13+/m1/s1. The van der Waals surface area contributed by atoms with Gasteiger partial charge in [-0.05, 0) is 0 Å². The van der Waals surface area contributed by atoms with Crippen LogP contribution in [0.1, 0.15) is 6.92 Å². The zero-order valence-corrected chi connectivity index (χ0v) is 15.3. The molecule has 1 aliphatic rings. The van der Waals surface area contributed by atoms with E-state index in [0.29, 0.717) is 0 Å². The van der Waals surface area contributed by atoms with Crippen molar-refractivity contribution in [3.8, 4) is 0 Å². The molecule has 1 fully saturated rings. The molecule has 14 heteroatoms. The minimum Gasteiger partial charge on any atom is -0.394 e. The SMILES string of the molecule is CC(=O)NC1[C@H](OC(CO[P+](=O)O)C(O)C(O)CO)OC(CO)[C@@H](O)[C@@H]1O. The van der Waals surface area contributed by atoms with E-state index in [-0.39, 0.29) is 0 Å². The van der Waals surface area contributed by atoms with E-state index in [1.807, 2.05) is 0 Å².